The lowest BCUT2D eigenvalue weighted by Crippen LogP contribution is -2.23. The molecule has 10 heteroatoms. The molecule has 0 saturated heterocycles. The van der Waals surface area contributed by atoms with Crippen LogP contribution in [0.3, 0.4) is 0 Å². The topological polar surface area (TPSA) is 116 Å². The first-order chi connectivity index (χ1) is 13.5. The first kappa shape index (κ1) is 18.1. The first-order valence-corrected chi connectivity index (χ1v) is 9.23. The minimum absolute atomic E-state index is 0.134. The van der Waals surface area contributed by atoms with Gasteiger partial charge < -0.3 is 10.1 Å². The fourth-order valence-electron chi connectivity index (χ4n) is 3.48. The van der Waals surface area contributed by atoms with Crippen molar-refractivity contribution >= 4 is 23.5 Å². The molecule has 4 rings (SSSR count). The minimum atomic E-state index is -0.776. The van der Waals surface area contributed by atoms with E-state index in [-0.39, 0.29) is 5.82 Å². The van der Waals surface area contributed by atoms with Crippen LogP contribution in [0, 0.1) is 13.8 Å². The average Bonchev–Trinajstić information content (AvgIpc) is 3.39. The summed E-state index contributed by atoms with van der Waals surface area (Å²) in [5, 5.41) is 11.1. The second kappa shape index (κ2) is 7.37. The Morgan fingerprint density at radius 1 is 1.25 bits per heavy atom. The Morgan fingerprint density at radius 3 is 2.82 bits per heavy atom. The van der Waals surface area contributed by atoms with Gasteiger partial charge in [-0.05, 0) is 32.8 Å². The number of carbonyl (C=O) groups is 2. The number of fused-ring (bicyclic) bond motifs is 1. The maximum absolute atomic E-state index is 12.2. The molecule has 0 atom stereocenters. The average molecular weight is 383 g/mol. The van der Waals surface area contributed by atoms with Crippen LogP contribution in [-0.4, -0.2) is 47.8 Å². The van der Waals surface area contributed by atoms with Crippen LogP contribution in [0.2, 0.25) is 0 Å². The lowest BCUT2D eigenvalue weighted by atomic mass is 10.2. The summed E-state index contributed by atoms with van der Waals surface area (Å²) >= 11 is 0. The van der Waals surface area contributed by atoms with Crippen molar-refractivity contribution < 1.29 is 14.3 Å². The Balaban J connectivity index is 1.38. The number of nitrogens with zero attached hydrogens (tertiary/aromatic N) is 6. The molecule has 1 aliphatic rings. The third-order valence-electron chi connectivity index (χ3n) is 4.74. The fraction of sp³-hybridized carbons (Fsp3) is 0.444. The summed E-state index contributed by atoms with van der Waals surface area (Å²) in [4.78, 5) is 32.7. The third-order valence-corrected chi connectivity index (χ3v) is 4.74. The van der Waals surface area contributed by atoms with Crippen LogP contribution in [-0.2, 0) is 9.53 Å². The molecule has 0 aliphatic heterocycles. The smallest absolute Gasteiger partial charge is 0.378 e. The number of aryl methyl sites for hydroxylation is 2. The SMILES string of the molecule is Cc1cc(C)n2nc(C(=O)OCC(=O)Nc3ccnn3C3CCCC3)nc2n1. The zero-order valence-corrected chi connectivity index (χ0v) is 15.8. The van der Waals surface area contributed by atoms with E-state index in [0.29, 0.717) is 17.6 Å². The van der Waals surface area contributed by atoms with E-state index in [0.717, 1.165) is 37.1 Å². The Hall–Kier alpha value is -3.30. The molecule has 28 heavy (non-hydrogen) atoms. The van der Waals surface area contributed by atoms with Crippen LogP contribution in [0.25, 0.3) is 5.78 Å². The highest BCUT2D eigenvalue weighted by atomic mass is 16.5. The lowest BCUT2D eigenvalue weighted by molar-refractivity contribution is -0.119. The van der Waals surface area contributed by atoms with Gasteiger partial charge in [0, 0.05) is 17.5 Å². The zero-order chi connectivity index (χ0) is 19.7. The van der Waals surface area contributed by atoms with E-state index in [2.05, 4.69) is 25.5 Å². The molecule has 1 amide bonds. The number of hydrogen-bond acceptors (Lipinski definition) is 7. The van der Waals surface area contributed by atoms with Crippen LogP contribution in [0.5, 0.6) is 0 Å². The first-order valence-electron chi connectivity index (χ1n) is 9.23. The largest absolute Gasteiger partial charge is 0.450 e. The molecule has 1 aliphatic carbocycles. The van der Waals surface area contributed by atoms with Gasteiger partial charge in [0.25, 0.3) is 17.5 Å². The fourth-order valence-corrected chi connectivity index (χ4v) is 3.48. The molecular weight excluding hydrogens is 362 g/mol. The van der Waals surface area contributed by atoms with Gasteiger partial charge >= 0.3 is 5.97 Å². The van der Waals surface area contributed by atoms with E-state index in [1.54, 1.807) is 12.3 Å². The highest BCUT2D eigenvalue weighted by Crippen LogP contribution is 2.31. The van der Waals surface area contributed by atoms with E-state index in [4.69, 9.17) is 4.74 Å². The van der Waals surface area contributed by atoms with Gasteiger partial charge in [0.05, 0.1) is 12.2 Å². The lowest BCUT2D eigenvalue weighted by Gasteiger charge is -2.14. The van der Waals surface area contributed by atoms with Gasteiger partial charge in [0.1, 0.15) is 5.82 Å². The van der Waals surface area contributed by atoms with E-state index >= 15 is 0 Å². The maximum Gasteiger partial charge on any atom is 0.378 e. The number of anilines is 1. The summed E-state index contributed by atoms with van der Waals surface area (Å²) in [5.74, 6) is -0.433. The van der Waals surface area contributed by atoms with Crippen LogP contribution in [0.1, 0.15) is 53.7 Å². The monoisotopic (exact) mass is 383 g/mol. The summed E-state index contributed by atoms with van der Waals surface area (Å²) in [6, 6.07) is 3.87. The van der Waals surface area contributed by atoms with Gasteiger partial charge in [-0.3, -0.25) is 4.79 Å². The summed E-state index contributed by atoms with van der Waals surface area (Å²) in [6.07, 6.45) is 6.07. The van der Waals surface area contributed by atoms with Crippen molar-refractivity contribution in [2.45, 2.75) is 45.6 Å². The number of hydrogen-bond donors (Lipinski definition) is 1. The van der Waals surface area contributed by atoms with Gasteiger partial charge in [0.15, 0.2) is 6.61 Å². The Kier molecular flexibility index (Phi) is 4.76. The van der Waals surface area contributed by atoms with Crippen molar-refractivity contribution in [3.8, 4) is 0 Å². The van der Waals surface area contributed by atoms with E-state index in [1.165, 1.54) is 4.52 Å². The zero-order valence-electron chi connectivity index (χ0n) is 15.8. The predicted octanol–water partition coefficient (Wildman–Crippen LogP) is 1.85. The van der Waals surface area contributed by atoms with Crippen molar-refractivity contribution in [2.24, 2.45) is 0 Å². The number of esters is 1. The predicted molar refractivity (Wildman–Crippen MR) is 98.9 cm³/mol. The van der Waals surface area contributed by atoms with Gasteiger partial charge in [-0.1, -0.05) is 12.8 Å². The third kappa shape index (κ3) is 3.57. The van der Waals surface area contributed by atoms with E-state index in [1.807, 2.05) is 24.6 Å². The molecule has 1 fully saturated rings. The van der Waals surface area contributed by atoms with Gasteiger partial charge in [-0.15, -0.1) is 5.10 Å². The molecular formula is C18H21N7O3. The van der Waals surface area contributed by atoms with Crippen LogP contribution >= 0.6 is 0 Å². The quantitative estimate of drug-likeness (QED) is 0.668. The maximum atomic E-state index is 12.2. The molecule has 0 bridgehead atoms. The molecule has 10 nitrogen and oxygen atoms in total. The molecule has 0 unspecified atom stereocenters. The molecule has 0 radical (unpaired) electrons. The second-order valence-corrected chi connectivity index (χ2v) is 6.91. The highest BCUT2D eigenvalue weighted by Gasteiger charge is 2.21. The standard InChI is InChI=1S/C18H21N7O3/c1-11-9-12(2)24-18(20-11)22-16(23-24)17(27)28-10-15(26)21-14-7-8-19-25(14)13-5-3-4-6-13/h7-9,13H,3-6,10H2,1-2H3,(H,21,26). The molecule has 1 saturated carbocycles. The summed E-state index contributed by atoms with van der Waals surface area (Å²) < 4.78 is 8.35. The molecule has 3 aromatic heterocycles. The van der Waals surface area contributed by atoms with Crippen molar-refractivity contribution in [2.75, 3.05) is 11.9 Å². The Morgan fingerprint density at radius 2 is 2.04 bits per heavy atom. The van der Waals surface area contributed by atoms with Gasteiger partial charge in [0.2, 0.25) is 0 Å². The van der Waals surface area contributed by atoms with E-state index < -0.39 is 18.5 Å². The molecule has 3 heterocycles. The molecule has 0 aromatic carbocycles. The Labute approximate surface area is 160 Å². The number of ether oxygens (including phenoxy) is 1. The summed E-state index contributed by atoms with van der Waals surface area (Å²) in [6.45, 7) is 3.24. The van der Waals surface area contributed by atoms with Crippen LogP contribution in [0.4, 0.5) is 5.82 Å². The molecule has 3 aromatic rings. The van der Waals surface area contributed by atoms with E-state index in [9.17, 15) is 9.59 Å². The number of carbonyl (C=O) groups excluding carboxylic acids is 2. The number of amides is 1. The summed E-state index contributed by atoms with van der Waals surface area (Å²) in [7, 11) is 0. The van der Waals surface area contributed by atoms with Gasteiger partial charge in [-0.2, -0.15) is 10.1 Å². The van der Waals surface area contributed by atoms with Gasteiger partial charge in [-0.25, -0.2) is 19.0 Å². The van der Waals surface area contributed by atoms with Crippen molar-refractivity contribution in [1.82, 2.24) is 29.4 Å². The number of nitrogens with one attached hydrogen (secondary N) is 1. The van der Waals surface area contributed by atoms with Crippen molar-refractivity contribution in [3.05, 3.63) is 35.5 Å². The summed E-state index contributed by atoms with van der Waals surface area (Å²) in [5.41, 5.74) is 1.57. The number of aromatic nitrogens is 6. The minimum Gasteiger partial charge on any atom is -0.450 e. The van der Waals surface area contributed by atoms with Crippen molar-refractivity contribution in [1.29, 1.82) is 0 Å². The second-order valence-electron chi connectivity index (χ2n) is 6.91. The van der Waals surface area contributed by atoms with Crippen LogP contribution < -0.4 is 5.32 Å². The molecule has 146 valence electrons. The Bertz CT molecular complexity index is 1030. The van der Waals surface area contributed by atoms with Crippen molar-refractivity contribution in [3.63, 3.8) is 0 Å². The van der Waals surface area contributed by atoms with Crippen LogP contribution in [0.15, 0.2) is 18.3 Å². The highest BCUT2D eigenvalue weighted by molar-refractivity contribution is 5.93. The molecule has 1 N–H and O–H groups in total. The molecule has 0 spiro atoms. The normalized spacial score (nSPS) is 14.5. The number of rotatable bonds is 5.